The second-order valence-corrected chi connectivity index (χ2v) is 7.57. The number of hydrogen-bond acceptors (Lipinski definition) is 5. The highest BCUT2D eigenvalue weighted by Gasteiger charge is 2.56. The third kappa shape index (κ3) is 5.60. The number of ether oxygens (including phenoxy) is 1. The Hall–Kier alpha value is -3.93. The molecule has 186 valence electrons. The predicted molar refractivity (Wildman–Crippen MR) is 117 cm³/mol. The molecule has 12 heteroatoms. The monoisotopic (exact) mass is 494 g/mol. The molecule has 0 aliphatic heterocycles. The van der Waals surface area contributed by atoms with Crippen LogP contribution in [0.25, 0.3) is 11.3 Å². The topological polar surface area (TPSA) is 130 Å². The number of carbonyl (C=O) groups excluding carboxylic acids is 2. The van der Waals surface area contributed by atoms with E-state index in [9.17, 15) is 32.3 Å². The van der Waals surface area contributed by atoms with E-state index >= 15 is 0 Å². The lowest BCUT2D eigenvalue weighted by Crippen LogP contribution is -2.51. The van der Waals surface area contributed by atoms with Crippen molar-refractivity contribution in [2.75, 3.05) is 13.2 Å². The molecule has 0 fully saturated rings. The standard InChI is InChI=1S/C23H22F4N4O4/c1-2-35-20-15(10-18(28)32)9-17(31-19(20)13-3-5-16(24)6-4-13)22(34,23(25,26)27)12-30-21(33)14-7-8-29-11-14/h3-9,11,29,34H,2,10,12H2,1H3,(H2,28,32)(H,30,33)/t22-/m0/s1. The summed E-state index contributed by atoms with van der Waals surface area (Å²) >= 11 is 0. The Labute approximate surface area is 197 Å². The maximum Gasteiger partial charge on any atom is 0.424 e. The number of aromatic nitrogens is 2. The first-order valence-corrected chi connectivity index (χ1v) is 10.4. The first-order valence-electron chi connectivity index (χ1n) is 10.4. The summed E-state index contributed by atoms with van der Waals surface area (Å²) in [6.45, 7) is 0.399. The number of amides is 2. The first kappa shape index (κ1) is 25.7. The summed E-state index contributed by atoms with van der Waals surface area (Å²) < 4.78 is 61.6. The molecular weight excluding hydrogens is 472 g/mol. The van der Waals surface area contributed by atoms with Gasteiger partial charge < -0.3 is 25.9 Å². The van der Waals surface area contributed by atoms with Gasteiger partial charge in [0.25, 0.3) is 5.91 Å². The van der Waals surface area contributed by atoms with Crippen LogP contribution < -0.4 is 15.8 Å². The van der Waals surface area contributed by atoms with Crippen LogP contribution in [0.3, 0.4) is 0 Å². The van der Waals surface area contributed by atoms with E-state index in [1.54, 1.807) is 6.92 Å². The third-order valence-corrected chi connectivity index (χ3v) is 5.08. The van der Waals surface area contributed by atoms with Crippen LogP contribution in [0.4, 0.5) is 17.6 Å². The molecule has 3 rings (SSSR count). The molecular formula is C23H22F4N4O4. The van der Waals surface area contributed by atoms with Crippen LogP contribution in [0.5, 0.6) is 5.75 Å². The van der Waals surface area contributed by atoms with E-state index in [0.29, 0.717) is 0 Å². The highest BCUT2D eigenvalue weighted by molar-refractivity contribution is 5.94. The van der Waals surface area contributed by atoms with E-state index in [4.69, 9.17) is 10.5 Å². The second-order valence-electron chi connectivity index (χ2n) is 7.57. The lowest BCUT2D eigenvalue weighted by molar-refractivity contribution is -0.265. The normalized spacial score (nSPS) is 13.2. The number of halogens is 4. The van der Waals surface area contributed by atoms with Gasteiger partial charge in [-0.2, -0.15) is 13.2 Å². The number of primary amides is 1. The van der Waals surface area contributed by atoms with Crippen molar-refractivity contribution in [3.8, 4) is 17.0 Å². The van der Waals surface area contributed by atoms with E-state index in [2.05, 4.69) is 15.3 Å². The summed E-state index contributed by atoms with van der Waals surface area (Å²) in [5, 5.41) is 12.9. The quantitative estimate of drug-likeness (QED) is 0.340. The molecule has 2 heterocycles. The van der Waals surface area contributed by atoms with Gasteiger partial charge in [0.05, 0.1) is 30.8 Å². The molecule has 3 aromatic rings. The van der Waals surface area contributed by atoms with Gasteiger partial charge in [-0.1, -0.05) is 0 Å². The molecule has 0 spiro atoms. The lowest BCUT2D eigenvalue weighted by Gasteiger charge is -2.31. The molecule has 0 aliphatic carbocycles. The Morgan fingerprint density at radius 3 is 2.43 bits per heavy atom. The number of H-pyrrole nitrogens is 1. The number of carbonyl (C=O) groups is 2. The fraction of sp³-hybridized carbons (Fsp3) is 0.261. The molecule has 2 amide bonds. The van der Waals surface area contributed by atoms with Gasteiger partial charge in [-0.15, -0.1) is 0 Å². The average Bonchev–Trinajstić information content (AvgIpc) is 3.33. The van der Waals surface area contributed by atoms with Gasteiger partial charge in [0.15, 0.2) is 0 Å². The molecule has 8 nitrogen and oxygen atoms in total. The molecule has 0 unspecified atom stereocenters. The Bertz CT molecular complexity index is 1200. The van der Waals surface area contributed by atoms with Crippen molar-refractivity contribution in [2.24, 2.45) is 5.73 Å². The smallest absolute Gasteiger partial charge is 0.424 e. The minimum atomic E-state index is -5.29. The highest BCUT2D eigenvalue weighted by atomic mass is 19.4. The van der Waals surface area contributed by atoms with Crippen molar-refractivity contribution in [2.45, 2.75) is 25.1 Å². The van der Waals surface area contributed by atoms with Crippen molar-refractivity contribution in [3.63, 3.8) is 0 Å². The van der Waals surface area contributed by atoms with Crippen molar-refractivity contribution in [1.82, 2.24) is 15.3 Å². The van der Waals surface area contributed by atoms with E-state index in [1.807, 2.05) is 0 Å². The summed E-state index contributed by atoms with van der Waals surface area (Å²) in [5.74, 6) is -2.37. The zero-order valence-electron chi connectivity index (χ0n) is 18.4. The van der Waals surface area contributed by atoms with Gasteiger partial charge in [-0.25, -0.2) is 9.37 Å². The zero-order chi connectivity index (χ0) is 25.8. The number of nitrogens with zero attached hydrogens (tertiary/aromatic N) is 1. The van der Waals surface area contributed by atoms with Crippen molar-refractivity contribution >= 4 is 11.8 Å². The highest BCUT2D eigenvalue weighted by Crippen LogP contribution is 2.42. The molecule has 35 heavy (non-hydrogen) atoms. The van der Waals surface area contributed by atoms with Gasteiger partial charge in [0.2, 0.25) is 11.5 Å². The Morgan fingerprint density at radius 1 is 1.20 bits per heavy atom. The molecule has 1 atom stereocenters. The Balaban J connectivity index is 2.17. The van der Waals surface area contributed by atoms with Crippen LogP contribution in [0.15, 0.2) is 48.8 Å². The summed E-state index contributed by atoms with van der Waals surface area (Å²) in [4.78, 5) is 30.5. The van der Waals surface area contributed by atoms with Crippen LogP contribution in [0.2, 0.25) is 0 Å². The average molecular weight is 494 g/mol. The molecule has 0 bridgehead atoms. The fourth-order valence-electron chi connectivity index (χ4n) is 3.34. The van der Waals surface area contributed by atoms with Crippen LogP contribution in [-0.2, 0) is 16.8 Å². The minimum absolute atomic E-state index is 0.0393. The summed E-state index contributed by atoms with van der Waals surface area (Å²) in [6, 6.07) is 6.87. The predicted octanol–water partition coefficient (Wildman–Crippen LogP) is 2.82. The molecule has 1 aromatic carbocycles. The Morgan fingerprint density at radius 2 is 1.89 bits per heavy atom. The van der Waals surface area contributed by atoms with Gasteiger partial charge in [0.1, 0.15) is 17.3 Å². The van der Waals surface area contributed by atoms with Crippen molar-refractivity contribution in [3.05, 3.63) is 71.4 Å². The number of aliphatic hydroxyl groups is 1. The summed E-state index contributed by atoms with van der Waals surface area (Å²) in [6.07, 6.45) is -3.13. The lowest BCUT2D eigenvalue weighted by atomic mass is 9.93. The van der Waals surface area contributed by atoms with E-state index < -0.39 is 48.1 Å². The van der Waals surface area contributed by atoms with Crippen LogP contribution in [0.1, 0.15) is 28.5 Å². The van der Waals surface area contributed by atoms with E-state index in [0.717, 1.165) is 18.2 Å². The third-order valence-electron chi connectivity index (χ3n) is 5.08. The van der Waals surface area contributed by atoms with E-state index in [-0.39, 0.29) is 34.7 Å². The van der Waals surface area contributed by atoms with Crippen molar-refractivity contribution in [1.29, 1.82) is 0 Å². The Kier molecular flexibility index (Phi) is 7.44. The summed E-state index contributed by atoms with van der Waals surface area (Å²) in [5.41, 5.74) is 0.723. The number of rotatable bonds is 9. The SMILES string of the molecule is CCOc1c(CC(N)=O)cc([C@@](O)(CNC(=O)c2cc[nH]c2)C(F)(F)F)nc1-c1ccc(F)cc1. The molecule has 5 N–H and O–H groups in total. The number of aromatic amines is 1. The molecule has 2 aromatic heterocycles. The number of nitrogens with two attached hydrogens (primary N) is 1. The molecule has 0 radical (unpaired) electrons. The first-order chi connectivity index (χ1) is 16.5. The second kappa shape index (κ2) is 10.1. The maximum atomic E-state index is 14.2. The molecule has 0 saturated heterocycles. The largest absolute Gasteiger partial charge is 0.491 e. The number of benzene rings is 1. The number of pyridine rings is 1. The van der Waals surface area contributed by atoms with Gasteiger partial charge in [-0.3, -0.25) is 9.59 Å². The number of nitrogens with one attached hydrogen (secondary N) is 2. The molecule has 0 aliphatic rings. The summed E-state index contributed by atoms with van der Waals surface area (Å²) in [7, 11) is 0. The zero-order valence-corrected chi connectivity index (χ0v) is 18.4. The van der Waals surface area contributed by atoms with Crippen LogP contribution in [-0.4, -0.2) is 46.2 Å². The molecule has 0 saturated carbocycles. The van der Waals surface area contributed by atoms with Crippen LogP contribution in [0, 0.1) is 5.82 Å². The minimum Gasteiger partial charge on any atom is -0.491 e. The van der Waals surface area contributed by atoms with E-state index in [1.165, 1.54) is 30.6 Å². The maximum absolute atomic E-state index is 14.2. The van der Waals surface area contributed by atoms with Crippen molar-refractivity contribution < 1.29 is 37.0 Å². The van der Waals surface area contributed by atoms with Gasteiger partial charge in [-0.05, 0) is 43.3 Å². The van der Waals surface area contributed by atoms with Gasteiger partial charge in [0, 0.05) is 23.5 Å². The van der Waals surface area contributed by atoms with Gasteiger partial charge >= 0.3 is 6.18 Å². The number of hydrogen-bond donors (Lipinski definition) is 4. The fourth-order valence-corrected chi connectivity index (χ4v) is 3.34. The van der Waals surface area contributed by atoms with Crippen LogP contribution >= 0.6 is 0 Å². The number of alkyl halides is 3.